The van der Waals surface area contributed by atoms with Gasteiger partial charge in [-0.15, -0.1) is 0 Å². The molecular weight excluding hydrogens is 256 g/mol. The van der Waals surface area contributed by atoms with Crippen LogP contribution in [0.4, 0.5) is 0 Å². The summed E-state index contributed by atoms with van der Waals surface area (Å²) in [5, 5.41) is 0. The van der Waals surface area contributed by atoms with Gasteiger partial charge in [-0.05, 0) is 37.5 Å². The van der Waals surface area contributed by atoms with Gasteiger partial charge in [0.2, 0.25) is 0 Å². The number of hydrogen-bond acceptors (Lipinski definition) is 4. The van der Waals surface area contributed by atoms with Crippen molar-refractivity contribution in [2.45, 2.75) is 51.4 Å². The van der Waals surface area contributed by atoms with Gasteiger partial charge in [-0.25, -0.2) is 0 Å². The molecule has 0 aromatic rings. The number of carbonyl (C=O) groups is 2. The molecule has 0 aliphatic heterocycles. The number of fused-ring (bicyclic) bond motifs is 7. The lowest BCUT2D eigenvalue weighted by molar-refractivity contribution is -0.166. The van der Waals surface area contributed by atoms with Gasteiger partial charge >= 0.3 is 11.9 Å². The van der Waals surface area contributed by atoms with Crippen molar-refractivity contribution < 1.29 is 19.1 Å². The highest BCUT2D eigenvalue weighted by Crippen LogP contribution is 2.45. The first-order valence-electron chi connectivity index (χ1n) is 7.84. The van der Waals surface area contributed by atoms with Crippen molar-refractivity contribution in [3.05, 3.63) is 0 Å². The summed E-state index contributed by atoms with van der Waals surface area (Å²) in [5.41, 5.74) is 0. The first kappa shape index (κ1) is 15.3. The molecule has 3 aliphatic rings. The molecule has 4 unspecified atom stereocenters. The zero-order valence-corrected chi connectivity index (χ0v) is 12.6. The third kappa shape index (κ3) is 3.15. The molecule has 0 amide bonds. The molecule has 0 saturated heterocycles. The summed E-state index contributed by atoms with van der Waals surface area (Å²) in [6.45, 7) is 0. The van der Waals surface area contributed by atoms with Crippen molar-refractivity contribution in [3.8, 4) is 0 Å². The zero-order chi connectivity index (χ0) is 14.5. The molecule has 2 bridgehead atoms. The first-order valence-corrected chi connectivity index (χ1v) is 7.84. The predicted molar refractivity (Wildman–Crippen MR) is 74.9 cm³/mol. The molecule has 0 aromatic carbocycles. The van der Waals surface area contributed by atoms with Crippen LogP contribution in [-0.4, -0.2) is 26.2 Å². The Labute approximate surface area is 121 Å². The number of rotatable bonds is 2. The fraction of sp³-hybridized carbons (Fsp3) is 0.875. The Bertz CT molecular complexity index is 314. The minimum Gasteiger partial charge on any atom is -0.469 e. The summed E-state index contributed by atoms with van der Waals surface area (Å²) in [7, 11) is 2.84. The van der Waals surface area contributed by atoms with Crippen LogP contribution in [-0.2, 0) is 19.1 Å². The van der Waals surface area contributed by atoms with Crippen molar-refractivity contribution in [1.82, 2.24) is 0 Å². The Kier molecular flexibility index (Phi) is 5.44. The van der Waals surface area contributed by atoms with E-state index in [-0.39, 0.29) is 35.6 Å². The fourth-order valence-electron chi connectivity index (χ4n) is 4.14. The van der Waals surface area contributed by atoms with E-state index < -0.39 is 0 Å². The maximum absolute atomic E-state index is 12.2. The SMILES string of the molecule is COC(=O)C1C2CCCCCCC(CC2)C1C(=O)OC. The van der Waals surface area contributed by atoms with Crippen LogP contribution in [0.25, 0.3) is 0 Å². The maximum atomic E-state index is 12.2. The highest BCUT2D eigenvalue weighted by Gasteiger charge is 2.47. The second-order valence-electron chi connectivity index (χ2n) is 6.19. The van der Waals surface area contributed by atoms with Crippen LogP contribution in [0.2, 0.25) is 0 Å². The van der Waals surface area contributed by atoms with Gasteiger partial charge < -0.3 is 9.47 Å². The summed E-state index contributed by atoms with van der Waals surface area (Å²) >= 11 is 0. The third-order valence-corrected chi connectivity index (χ3v) is 5.16. The van der Waals surface area contributed by atoms with Crippen molar-refractivity contribution in [2.24, 2.45) is 23.7 Å². The van der Waals surface area contributed by atoms with Crippen molar-refractivity contribution >= 4 is 11.9 Å². The van der Waals surface area contributed by atoms with Gasteiger partial charge in [0.15, 0.2) is 0 Å². The van der Waals surface area contributed by atoms with E-state index in [0.717, 1.165) is 38.5 Å². The van der Waals surface area contributed by atoms with E-state index in [9.17, 15) is 9.59 Å². The molecule has 4 heteroatoms. The molecule has 0 spiro atoms. The smallest absolute Gasteiger partial charge is 0.309 e. The van der Waals surface area contributed by atoms with Gasteiger partial charge in [-0.1, -0.05) is 25.7 Å². The van der Waals surface area contributed by atoms with Crippen LogP contribution in [0, 0.1) is 23.7 Å². The van der Waals surface area contributed by atoms with Crippen LogP contribution >= 0.6 is 0 Å². The van der Waals surface area contributed by atoms with E-state index in [1.807, 2.05) is 0 Å². The molecule has 3 aliphatic carbocycles. The molecule has 114 valence electrons. The molecule has 0 radical (unpaired) electrons. The molecule has 3 saturated carbocycles. The monoisotopic (exact) mass is 282 g/mol. The summed E-state index contributed by atoms with van der Waals surface area (Å²) < 4.78 is 9.98. The topological polar surface area (TPSA) is 52.6 Å². The number of ether oxygens (including phenoxy) is 2. The Morgan fingerprint density at radius 3 is 1.45 bits per heavy atom. The van der Waals surface area contributed by atoms with Crippen LogP contribution in [0.5, 0.6) is 0 Å². The summed E-state index contributed by atoms with van der Waals surface area (Å²) in [4.78, 5) is 24.4. The standard InChI is InChI=1S/C16H26O4/c1-19-15(17)13-11-7-5-3-4-6-8-12(10-9-11)14(13)16(18)20-2/h11-14H,3-10H2,1-2H3. The zero-order valence-electron chi connectivity index (χ0n) is 12.6. The largest absolute Gasteiger partial charge is 0.469 e. The number of carbonyl (C=O) groups excluding carboxylic acids is 2. The lowest BCUT2D eigenvalue weighted by Crippen LogP contribution is -2.44. The quantitative estimate of drug-likeness (QED) is 0.731. The summed E-state index contributed by atoms with van der Waals surface area (Å²) in [6.07, 6.45) is 8.91. The van der Waals surface area contributed by atoms with Crippen LogP contribution in [0.3, 0.4) is 0 Å². The first-order chi connectivity index (χ1) is 9.69. The Morgan fingerprint density at radius 1 is 0.700 bits per heavy atom. The van der Waals surface area contributed by atoms with Gasteiger partial charge in [0.25, 0.3) is 0 Å². The second kappa shape index (κ2) is 7.09. The predicted octanol–water partition coefficient (Wildman–Crippen LogP) is 2.95. The van der Waals surface area contributed by atoms with Gasteiger partial charge in [0.1, 0.15) is 0 Å². The van der Waals surface area contributed by atoms with E-state index in [4.69, 9.17) is 9.47 Å². The van der Waals surface area contributed by atoms with Gasteiger partial charge in [0.05, 0.1) is 26.1 Å². The average molecular weight is 282 g/mol. The summed E-state index contributed by atoms with van der Waals surface area (Å²) in [5.74, 6) is -0.498. The van der Waals surface area contributed by atoms with Crippen molar-refractivity contribution in [3.63, 3.8) is 0 Å². The Balaban J connectivity index is 2.29. The minimum atomic E-state index is -0.302. The van der Waals surface area contributed by atoms with E-state index in [2.05, 4.69) is 0 Å². The van der Waals surface area contributed by atoms with Gasteiger partial charge in [-0.3, -0.25) is 9.59 Å². The molecule has 0 aromatic heterocycles. The third-order valence-electron chi connectivity index (χ3n) is 5.16. The number of esters is 2. The van der Waals surface area contributed by atoms with Crippen molar-refractivity contribution in [1.29, 1.82) is 0 Å². The minimum absolute atomic E-state index is 0.226. The number of hydrogen-bond donors (Lipinski definition) is 0. The summed E-state index contributed by atoms with van der Waals surface area (Å²) in [6, 6.07) is 0. The lowest BCUT2D eigenvalue weighted by Gasteiger charge is -2.41. The van der Waals surface area contributed by atoms with Gasteiger partial charge in [-0.2, -0.15) is 0 Å². The number of methoxy groups -OCH3 is 2. The fourth-order valence-corrected chi connectivity index (χ4v) is 4.14. The normalized spacial score (nSPS) is 34.3. The van der Waals surface area contributed by atoms with E-state index in [0.29, 0.717) is 0 Å². The Hall–Kier alpha value is -1.06. The molecule has 0 heterocycles. The van der Waals surface area contributed by atoms with Crippen LogP contribution in [0.15, 0.2) is 0 Å². The Morgan fingerprint density at radius 2 is 1.10 bits per heavy atom. The van der Waals surface area contributed by atoms with E-state index in [1.54, 1.807) is 0 Å². The average Bonchev–Trinajstić information content (AvgIpc) is 2.50. The highest BCUT2D eigenvalue weighted by atomic mass is 16.5. The molecule has 20 heavy (non-hydrogen) atoms. The van der Waals surface area contributed by atoms with E-state index in [1.165, 1.54) is 27.1 Å². The second-order valence-corrected chi connectivity index (χ2v) is 6.19. The van der Waals surface area contributed by atoms with Crippen LogP contribution in [0.1, 0.15) is 51.4 Å². The van der Waals surface area contributed by atoms with Crippen LogP contribution < -0.4 is 0 Å². The maximum Gasteiger partial charge on any atom is 0.309 e. The molecule has 4 nitrogen and oxygen atoms in total. The highest BCUT2D eigenvalue weighted by molar-refractivity contribution is 5.82. The molecule has 0 N–H and O–H groups in total. The van der Waals surface area contributed by atoms with Crippen molar-refractivity contribution in [2.75, 3.05) is 14.2 Å². The lowest BCUT2D eigenvalue weighted by atomic mass is 9.63. The van der Waals surface area contributed by atoms with Gasteiger partial charge in [0, 0.05) is 0 Å². The van der Waals surface area contributed by atoms with E-state index >= 15 is 0 Å². The molecule has 4 atom stereocenters. The molecule has 3 fully saturated rings. The molecule has 3 rings (SSSR count). The molecular formula is C16H26O4.